The average Bonchev–Trinajstić information content (AvgIpc) is 2.20. The van der Waals surface area contributed by atoms with Crippen molar-refractivity contribution in [3.05, 3.63) is 24.3 Å². The number of nitrogens with two attached hydrogens (primary N) is 1. The van der Waals surface area contributed by atoms with E-state index in [4.69, 9.17) is 5.73 Å². The number of nitrogens with one attached hydrogen (secondary N) is 1. The number of aliphatic imine (C=N–C) groups is 1. The fourth-order valence-corrected chi connectivity index (χ4v) is 0.923. The molecule has 4 nitrogen and oxygen atoms in total. The number of rotatable bonds is 3. The van der Waals surface area contributed by atoms with Crippen LogP contribution >= 0.6 is 0 Å². The maximum absolute atomic E-state index is 11.8. The van der Waals surface area contributed by atoms with Crippen LogP contribution in [0, 0.1) is 0 Å². The molecule has 0 bridgehead atoms. The van der Waals surface area contributed by atoms with Gasteiger partial charge in [-0.2, -0.15) is 8.78 Å². The van der Waals surface area contributed by atoms with E-state index in [1.807, 2.05) is 0 Å². The lowest BCUT2D eigenvalue weighted by Crippen LogP contribution is -2.21. The first-order valence-electron chi connectivity index (χ1n) is 4.16. The van der Waals surface area contributed by atoms with E-state index in [2.05, 4.69) is 15.0 Å². The predicted molar refractivity (Wildman–Crippen MR) is 54.2 cm³/mol. The first-order valence-corrected chi connectivity index (χ1v) is 4.16. The monoisotopic (exact) mass is 215 g/mol. The van der Waals surface area contributed by atoms with Crippen LogP contribution in [0.1, 0.15) is 0 Å². The Kier molecular flexibility index (Phi) is 3.84. The number of halogens is 2. The molecule has 0 aliphatic rings. The lowest BCUT2D eigenvalue weighted by Gasteiger charge is -2.07. The molecule has 0 saturated heterocycles. The lowest BCUT2D eigenvalue weighted by molar-refractivity contribution is -0.0498. The minimum atomic E-state index is -2.81. The molecule has 0 unspecified atom stereocenters. The maximum atomic E-state index is 11.8. The first kappa shape index (κ1) is 11.2. The normalized spacial score (nSPS) is 11.6. The zero-order valence-electron chi connectivity index (χ0n) is 8.08. The van der Waals surface area contributed by atoms with Gasteiger partial charge in [0.2, 0.25) is 0 Å². The summed E-state index contributed by atoms with van der Waals surface area (Å²) in [5.41, 5.74) is 6.06. The van der Waals surface area contributed by atoms with Crippen molar-refractivity contribution < 1.29 is 13.5 Å². The molecule has 1 aromatic carbocycles. The third kappa shape index (κ3) is 3.80. The predicted octanol–water partition coefficient (Wildman–Crippen LogP) is 1.64. The number of nitrogens with zero attached hydrogens (tertiary/aromatic N) is 1. The topological polar surface area (TPSA) is 59.6 Å². The van der Waals surface area contributed by atoms with Crippen molar-refractivity contribution in [1.29, 1.82) is 0 Å². The Morgan fingerprint density at radius 2 is 2.00 bits per heavy atom. The molecule has 15 heavy (non-hydrogen) atoms. The van der Waals surface area contributed by atoms with Crippen LogP contribution in [-0.2, 0) is 0 Å². The molecule has 0 aliphatic carbocycles. The molecule has 3 N–H and O–H groups in total. The molecule has 0 saturated carbocycles. The van der Waals surface area contributed by atoms with Gasteiger partial charge in [0.15, 0.2) is 5.96 Å². The standard InChI is InChI=1S/C9H11F2N3O/c1-13-9(12)14-6-2-4-7(5-3-6)15-8(10)11/h2-5,8H,1H3,(H3,12,13,14). The van der Waals surface area contributed by atoms with Crippen LogP contribution in [0.2, 0.25) is 0 Å². The molecule has 0 aromatic heterocycles. The largest absolute Gasteiger partial charge is 0.435 e. The van der Waals surface area contributed by atoms with E-state index in [9.17, 15) is 8.78 Å². The van der Waals surface area contributed by atoms with E-state index in [0.717, 1.165) is 0 Å². The van der Waals surface area contributed by atoms with E-state index < -0.39 is 6.61 Å². The second-order valence-corrected chi connectivity index (χ2v) is 2.64. The van der Waals surface area contributed by atoms with Crippen molar-refractivity contribution >= 4 is 11.6 Å². The Morgan fingerprint density at radius 3 is 2.47 bits per heavy atom. The quantitative estimate of drug-likeness (QED) is 0.595. The van der Waals surface area contributed by atoms with Gasteiger partial charge in [-0.15, -0.1) is 0 Å². The van der Waals surface area contributed by atoms with Gasteiger partial charge >= 0.3 is 6.61 Å². The molecule has 1 aromatic rings. The third-order valence-electron chi connectivity index (χ3n) is 1.59. The summed E-state index contributed by atoms with van der Waals surface area (Å²) >= 11 is 0. The summed E-state index contributed by atoms with van der Waals surface area (Å²) in [4.78, 5) is 3.69. The molecule has 0 radical (unpaired) electrons. The van der Waals surface area contributed by atoms with Crippen molar-refractivity contribution in [1.82, 2.24) is 0 Å². The van der Waals surface area contributed by atoms with E-state index in [0.29, 0.717) is 5.69 Å². The van der Waals surface area contributed by atoms with Gasteiger partial charge in [0.1, 0.15) is 5.75 Å². The van der Waals surface area contributed by atoms with Gasteiger partial charge < -0.3 is 15.8 Å². The lowest BCUT2D eigenvalue weighted by atomic mass is 10.3. The number of ether oxygens (including phenoxy) is 1. The van der Waals surface area contributed by atoms with Gasteiger partial charge in [-0.25, -0.2) is 0 Å². The highest BCUT2D eigenvalue weighted by Crippen LogP contribution is 2.17. The van der Waals surface area contributed by atoms with Gasteiger partial charge in [0.25, 0.3) is 0 Å². The zero-order valence-corrected chi connectivity index (χ0v) is 8.08. The molecule has 0 heterocycles. The van der Waals surface area contributed by atoms with Crippen LogP contribution in [-0.4, -0.2) is 19.6 Å². The van der Waals surface area contributed by atoms with E-state index in [1.165, 1.54) is 19.2 Å². The molecule has 6 heteroatoms. The number of anilines is 1. The summed E-state index contributed by atoms with van der Waals surface area (Å²) in [5.74, 6) is 0.347. The van der Waals surface area contributed by atoms with Crippen molar-refractivity contribution in [2.45, 2.75) is 6.61 Å². The summed E-state index contributed by atoms with van der Waals surface area (Å²) in [6, 6.07) is 5.96. The summed E-state index contributed by atoms with van der Waals surface area (Å²) in [6.45, 7) is -2.81. The fraction of sp³-hybridized carbons (Fsp3) is 0.222. The fourth-order valence-electron chi connectivity index (χ4n) is 0.923. The van der Waals surface area contributed by atoms with Crippen LogP contribution in [0.5, 0.6) is 5.75 Å². The molecule has 0 amide bonds. The van der Waals surface area contributed by atoms with Crippen LogP contribution in [0.25, 0.3) is 0 Å². The Morgan fingerprint density at radius 1 is 1.40 bits per heavy atom. The van der Waals surface area contributed by atoms with E-state index in [1.54, 1.807) is 12.1 Å². The minimum Gasteiger partial charge on any atom is -0.435 e. The van der Waals surface area contributed by atoms with Gasteiger partial charge in [-0.1, -0.05) is 0 Å². The van der Waals surface area contributed by atoms with Gasteiger partial charge in [-0.3, -0.25) is 4.99 Å². The summed E-state index contributed by atoms with van der Waals surface area (Å²) in [6.07, 6.45) is 0. The average molecular weight is 215 g/mol. The maximum Gasteiger partial charge on any atom is 0.387 e. The van der Waals surface area contributed by atoms with Crippen molar-refractivity contribution in [2.24, 2.45) is 10.7 Å². The van der Waals surface area contributed by atoms with Crippen molar-refractivity contribution in [3.8, 4) is 5.75 Å². The van der Waals surface area contributed by atoms with Gasteiger partial charge in [0.05, 0.1) is 0 Å². The van der Waals surface area contributed by atoms with Crippen molar-refractivity contribution in [2.75, 3.05) is 12.4 Å². The van der Waals surface area contributed by atoms with Crippen LogP contribution in [0.4, 0.5) is 14.5 Å². The molecular formula is C9H11F2N3O. The Bertz CT molecular complexity index is 338. The second kappa shape index (κ2) is 5.14. The summed E-state index contributed by atoms with van der Waals surface area (Å²) < 4.78 is 27.8. The van der Waals surface area contributed by atoms with E-state index in [-0.39, 0.29) is 11.7 Å². The number of guanidine groups is 1. The minimum absolute atomic E-state index is 0.0996. The summed E-state index contributed by atoms with van der Waals surface area (Å²) in [5, 5.41) is 2.76. The Labute approximate surface area is 85.8 Å². The van der Waals surface area contributed by atoms with Crippen LogP contribution in [0.3, 0.4) is 0 Å². The third-order valence-corrected chi connectivity index (χ3v) is 1.59. The Balaban J connectivity index is 2.64. The SMILES string of the molecule is CN=C(N)Nc1ccc(OC(F)F)cc1. The molecule has 0 fully saturated rings. The molecule has 1 rings (SSSR count). The van der Waals surface area contributed by atoms with Crippen LogP contribution in [0.15, 0.2) is 29.3 Å². The zero-order chi connectivity index (χ0) is 11.3. The van der Waals surface area contributed by atoms with Crippen molar-refractivity contribution in [3.63, 3.8) is 0 Å². The Hall–Kier alpha value is -1.85. The highest BCUT2D eigenvalue weighted by atomic mass is 19.3. The molecule has 0 atom stereocenters. The van der Waals surface area contributed by atoms with Gasteiger partial charge in [-0.05, 0) is 24.3 Å². The van der Waals surface area contributed by atoms with Crippen LogP contribution < -0.4 is 15.8 Å². The summed E-state index contributed by atoms with van der Waals surface area (Å²) in [7, 11) is 1.54. The molecule has 0 spiro atoms. The number of benzene rings is 1. The second-order valence-electron chi connectivity index (χ2n) is 2.64. The number of hydrogen-bond acceptors (Lipinski definition) is 2. The van der Waals surface area contributed by atoms with Gasteiger partial charge in [0, 0.05) is 12.7 Å². The molecular weight excluding hydrogens is 204 g/mol. The molecule has 82 valence electrons. The highest BCUT2D eigenvalue weighted by molar-refractivity contribution is 5.92. The highest BCUT2D eigenvalue weighted by Gasteiger charge is 2.03. The first-order chi connectivity index (χ1) is 7.11. The van der Waals surface area contributed by atoms with E-state index >= 15 is 0 Å². The smallest absolute Gasteiger partial charge is 0.387 e. The number of alkyl halides is 2. The number of hydrogen-bond donors (Lipinski definition) is 2. The molecule has 0 aliphatic heterocycles.